The van der Waals surface area contributed by atoms with Gasteiger partial charge in [0.15, 0.2) is 0 Å². The van der Waals surface area contributed by atoms with E-state index in [1.165, 1.54) is 0 Å². The van der Waals surface area contributed by atoms with E-state index < -0.39 is 17.1 Å². The molecule has 0 unspecified atom stereocenters. The van der Waals surface area contributed by atoms with Crippen molar-refractivity contribution in [3.8, 4) is 6.07 Å². The SMILES string of the molecule is CC(C)(C)OC(=O)Nc1cc(C(C)(C)C#N)ccc1Br. The number of nitrogens with one attached hydrogen (secondary N) is 1. The van der Waals surface area contributed by atoms with Gasteiger partial charge in [0.1, 0.15) is 5.60 Å². The molecule has 0 saturated carbocycles. The lowest BCUT2D eigenvalue weighted by atomic mass is 9.86. The second-order valence-corrected chi connectivity index (χ2v) is 6.91. The van der Waals surface area contributed by atoms with Crippen molar-refractivity contribution >= 4 is 27.7 Å². The van der Waals surface area contributed by atoms with E-state index in [-0.39, 0.29) is 0 Å². The van der Waals surface area contributed by atoms with Crippen LogP contribution in [0.15, 0.2) is 22.7 Å². The fraction of sp³-hybridized carbons (Fsp3) is 0.467. The highest BCUT2D eigenvalue weighted by Gasteiger charge is 2.22. The number of nitriles is 1. The molecule has 108 valence electrons. The lowest BCUT2D eigenvalue weighted by molar-refractivity contribution is 0.0636. The highest BCUT2D eigenvalue weighted by Crippen LogP contribution is 2.30. The van der Waals surface area contributed by atoms with Crippen molar-refractivity contribution < 1.29 is 9.53 Å². The predicted octanol–water partition coefficient (Wildman–Crippen LogP) is 4.60. The summed E-state index contributed by atoms with van der Waals surface area (Å²) >= 11 is 3.37. The van der Waals surface area contributed by atoms with Crippen LogP contribution in [-0.4, -0.2) is 11.7 Å². The molecule has 0 heterocycles. The number of benzene rings is 1. The molecule has 0 atom stereocenters. The molecule has 5 heteroatoms. The zero-order valence-corrected chi connectivity index (χ0v) is 14.0. The smallest absolute Gasteiger partial charge is 0.412 e. The van der Waals surface area contributed by atoms with Gasteiger partial charge in [0.05, 0.1) is 17.2 Å². The fourth-order valence-electron chi connectivity index (χ4n) is 1.49. The second-order valence-electron chi connectivity index (χ2n) is 6.06. The summed E-state index contributed by atoms with van der Waals surface area (Å²) in [5.74, 6) is 0. The molecule has 4 nitrogen and oxygen atoms in total. The van der Waals surface area contributed by atoms with Crippen molar-refractivity contribution in [1.82, 2.24) is 0 Å². The molecule has 1 aromatic carbocycles. The average Bonchev–Trinajstić information content (AvgIpc) is 2.29. The molecule has 0 aliphatic rings. The van der Waals surface area contributed by atoms with Crippen LogP contribution in [0.2, 0.25) is 0 Å². The molecule has 0 saturated heterocycles. The molecule has 0 bridgehead atoms. The van der Waals surface area contributed by atoms with Crippen LogP contribution < -0.4 is 5.32 Å². The minimum atomic E-state index is -0.620. The van der Waals surface area contributed by atoms with Crippen LogP contribution in [0.25, 0.3) is 0 Å². The van der Waals surface area contributed by atoms with Gasteiger partial charge in [0.25, 0.3) is 0 Å². The van der Waals surface area contributed by atoms with E-state index in [2.05, 4.69) is 27.3 Å². The van der Waals surface area contributed by atoms with Crippen molar-refractivity contribution in [3.05, 3.63) is 28.2 Å². The highest BCUT2D eigenvalue weighted by atomic mass is 79.9. The maximum atomic E-state index is 11.8. The van der Waals surface area contributed by atoms with Gasteiger partial charge in [-0.1, -0.05) is 6.07 Å². The molecule has 1 aromatic rings. The summed E-state index contributed by atoms with van der Waals surface area (Å²) in [6.45, 7) is 9.06. The first-order valence-electron chi connectivity index (χ1n) is 6.26. The molecule has 0 aliphatic heterocycles. The Morgan fingerprint density at radius 1 is 1.30 bits per heavy atom. The summed E-state index contributed by atoms with van der Waals surface area (Å²) in [5, 5.41) is 11.9. The zero-order chi connectivity index (χ0) is 15.6. The number of rotatable bonds is 2. The molecular formula is C15H19BrN2O2. The van der Waals surface area contributed by atoms with E-state index in [1.807, 2.05) is 19.9 Å². The number of ether oxygens (including phenoxy) is 1. The Bertz CT molecular complexity index is 554. The van der Waals surface area contributed by atoms with E-state index in [0.717, 1.165) is 10.0 Å². The third kappa shape index (κ3) is 4.53. The molecule has 1 N–H and O–H groups in total. The van der Waals surface area contributed by atoms with Gasteiger partial charge in [-0.15, -0.1) is 0 Å². The Morgan fingerprint density at radius 2 is 1.90 bits per heavy atom. The maximum Gasteiger partial charge on any atom is 0.412 e. The molecule has 0 radical (unpaired) electrons. The van der Waals surface area contributed by atoms with Crippen LogP contribution in [-0.2, 0) is 10.2 Å². The molecule has 20 heavy (non-hydrogen) atoms. The van der Waals surface area contributed by atoms with Crippen molar-refractivity contribution in [2.24, 2.45) is 0 Å². The summed E-state index contributed by atoms with van der Waals surface area (Å²) in [6, 6.07) is 7.67. The largest absolute Gasteiger partial charge is 0.444 e. The van der Waals surface area contributed by atoms with Crippen LogP contribution in [0.3, 0.4) is 0 Å². The van der Waals surface area contributed by atoms with Crippen molar-refractivity contribution in [1.29, 1.82) is 5.26 Å². The Morgan fingerprint density at radius 3 is 2.40 bits per heavy atom. The van der Waals surface area contributed by atoms with Gasteiger partial charge in [0, 0.05) is 4.47 Å². The lowest BCUT2D eigenvalue weighted by Crippen LogP contribution is -2.27. The van der Waals surface area contributed by atoms with E-state index in [0.29, 0.717) is 5.69 Å². The van der Waals surface area contributed by atoms with Crippen molar-refractivity contribution in [2.75, 3.05) is 5.32 Å². The van der Waals surface area contributed by atoms with Crippen LogP contribution in [0.1, 0.15) is 40.2 Å². The zero-order valence-electron chi connectivity index (χ0n) is 12.4. The van der Waals surface area contributed by atoms with Gasteiger partial charge in [-0.3, -0.25) is 5.32 Å². The minimum absolute atomic E-state index is 0.523. The van der Waals surface area contributed by atoms with Gasteiger partial charge in [-0.2, -0.15) is 5.26 Å². The van der Waals surface area contributed by atoms with Crippen molar-refractivity contribution in [3.63, 3.8) is 0 Å². The van der Waals surface area contributed by atoms with Crippen LogP contribution >= 0.6 is 15.9 Å². The Hall–Kier alpha value is -1.54. The van der Waals surface area contributed by atoms with Gasteiger partial charge in [-0.25, -0.2) is 4.79 Å². The van der Waals surface area contributed by atoms with Crippen molar-refractivity contribution in [2.45, 2.75) is 45.6 Å². The minimum Gasteiger partial charge on any atom is -0.444 e. The Kier molecular flexibility index (Phi) is 4.82. The van der Waals surface area contributed by atoms with E-state index >= 15 is 0 Å². The Labute approximate surface area is 128 Å². The van der Waals surface area contributed by atoms with Crippen LogP contribution in [0.4, 0.5) is 10.5 Å². The van der Waals surface area contributed by atoms with Gasteiger partial charge in [-0.05, 0) is 68.2 Å². The molecule has 0 spiro atoms. The molecular weight excluding hydrogens is 320 g/mol. The molecule has 0 aliphatic carbocycles. The van der Waals surface area contributed by atoms with E-state index in [4.69, 9.17) is 10.00 Å². The van der Waals surface area contributed by atoms with E-state index in [9.17, 15) is 4.79 Å². The number of anilines is 1. The summed E-state index contributed by atoms with van der Waals surface area (Å²) in [6.07, 6.45) is -0.523. The molecule has 1 rings (SSSR count). The molecule has 0 fully saturated rings. The number of hydrogen-bond acceptors (Lipinski definition) is 3. The Balaban J connectivity index is 2.99. The van der Waals surface area contributed by atoms with Crippen LogP contribution in [0.5, 0.6) is 0 Å². The first-order chi connectivity index (χ1) is 9.05. The summed E-state index contributed by atoms with van der Waals surface area (Å²) in [5.41, 5.74) is 0.236. The third-order valence-electron chi connectivity index (χ3n) is 2.60. The number of hydrogen-bond donors (Lipinski definition) is 1. The van der Waals surface area contributed by atoms with Crippen LogP contribution in [0, 0.1) is 11.3 Å². The molecule has 1 amide bonds. The first-order valence-corrected chi connectivity index (χ1v) is 7.06. The lowest BCUT2D eigenvalue weighted by Gasteiger charge is -2.21. The standard InChI is InChI=1S/C15H19BrN2O2/c1-14(2,3)20-13(19)18-12-8-10(6-7-11(12)16)15(4,5)9-17/h6-8H,1-5H3,(H,18,19). The summed E-state index contributed by atoms with van der Waals surface area (Å²) in [4.78, 5) is 11.8. The quantitative estimate of drug-likeness (QED) is 0.857. The number of carbonyl (C=O) groups is 1. The summed E-state index contributed by atoms with van der Waals surface area (Å²) < 4.78 is 5.95. The maximum absolute atomic E-state index is 11.8. The highest BCUT2D eigenvalue weighted by molar-refractivity contribution is 9.10. The fourth-order valence-corrected chi connectivity index (χ4v) is 1.83. The number of carbonyl (C=O) groups excluding carboxylic acids is 1. The van der Waals surface area contributed by atoms with E-state index in [1.54, 1.807) is 32.9 Å². The van der Waals surface area contributed by atoms with Gasteiger partial charge >= 0.3 is 6.09 Å². The normalized spacial score (nSPS) is 11.7. The summed E-state index contributed by atoms with van der Waals surface area (Å²) in [7, 11) is 0. The number of amides is 1. The van der Waals surface area contributed by atoms with Gasteiger partial charge < -0.3 is 4.74 Å². The second kappa shape index (κ2) is 5.84. The molecule has 0 aromatic heterocycles. The monoisotopic (exact) mass is 338 g/mol. The number of nitrogens with zero attached hydrogens (tertiary/aromatic N) is 1. The third-order valence-corrected chi connectivity index (χ3v) is 3.29. The first kappa shape index (κ1) is 16.5. The topological polar surface area (TPSA) is 62.1 Å². The van der Waals surface area contributed by atoms with Gasteiger partial charge in [0.2, 0.25) is 0 Å². The number of halogens is 1. The predicted molar refractivity (Wildman–Crippen MR) is 82.6 cm³/mol. The average molecular weight is 339 g/mol.